The van der Waals surface area contributed by atoms with Crippen LogP contribution in [0, 0.1) is 17.1 Å². The summed E-state index contributed by atoms with van der Waals surface area (Å²) in [6, 6.07) is 24.1. The Morgan fingerprint density at radius 1 is 1.00 bits per heavy atom. The zero-order valence-electron chi connectivity index (χ0n) is 17.7. The van der Waals surface area contributed by atoms with Crippen molar-refractivity contribution in [3.05, 3.63) is 111 Å². The molecule has 1 N–H and O–H groups in total. The molecule has 0 radical (unpaired) electrons. The van der Waals surface area contributed by atoms with Crippen molar-refractivity contribution in [2.45, 2.75) is 6.61 Å². The molecule has 1 amide bonds. The highest BCUT2D eigenvalue weighted by Gasteiger charge is 2.14. The largest absolute Gasteiger partial charge is 0.486 e. The predicted molar refractivity (Wildman–Crippen MR) is 133 cm³/mol. The third-order valence-electron chi connectivity index (χ3n) is 5.05. The molecule has 0 fully saturated rings. The maximum atomic E-state index is 13.1. The Balaban J connectivity index is 1.53. The minimum absolute atomic E-state index is 0.166. The molecule has 0 saturated heterocycles. The van der Waals surface area contributed by atoms with Gasteiger partial charge in [0, 0.05) is 5.69 Å². The van der Waals surface area contributed by atoms with E-state index in [9.17, 15) is 14.4 Å². The summed E-state index contributed by atoms with van der Waals surface area (Å²) in [7, 11) is 0. The number of nitrogens with one attached hydrogen (secondary N) is 1. The summed E-state index contributed by atoms with van der Waals surface area (Å²) < 4.78 is 19.0. The third kappa shape index (κ3) is 5.37. The second kappa shape index (κ2) is 10.4. The first kappa shape index (κ1) is 23.3. The first-order valence-corrected chi connectivity index (χ1v) is 11.0. The van der Waals surface area contributed by atoms with Crippen molar-refractivity contribution in [2.24, 2.45) is 0 Å². The zero-order chi connectivity index (χ0) is 24.1. The van der Waals surface area contributed by atoms with E-state index >= 15 is 0 Å². The molecule has 0 aromatic heterocycles. The van der Waals surface area contributed by atoms with Gasteiger partial charge in [0.25, 0.3) is 5.91 Å². The molecule has 0 saturated carbocycles. The van der Waals surface area contributed by atoms with Crippen LogP contribution in [0.15, 0.2) is 84.4 Å². The zero-order valence-corrected chi connectivity index (χ0v) is 19.2. The maximum absolute atomic E-state index is 13.1. The van der Waals surface area contributed by atoms with E-state index in [0.717, 1.165) is 16.3 Å². The van der Waals surface area contributed by atoms with Gasteiger partial charge >= 0.3 is 0 Å². The molecule has 0 unspecified atom stereocenters. The smallest absolute Gasteiger partial charge is 0.266 e. The van der Waals surface area contributed by atoms with Crippen LogP contribution in [0.2, 0.25) is 10.0 Å². The van der Waals surface area contributed by atoms with Gasteiger partial charge in [0.15, 0.2) is 5.75 Å². The minimum atomic E-state index is -0.641. The van der Waals surface area contributed by atoms with Gasteiger partial charge in [0.05, 0.1) is 10.0 Å². The third-order valence-corrected chi connectivity index (χ3v) is 5.61. The van der Waals surface area contributed by atoms with E-state index in [-0.39, 0.29) is 22.2 Å². The summed E-state index contributed by atoms with van der Waals surface area (Å²) in [5.41, 5.74) is 1.64. The number of amides is 1. The number of rotatable bonds is 6. The van der Waals surface area contributed by atoms with E-state index in [1.165, 1.54) is 30.3 Å². The van der Waals surface area contributed by atoms with Crippen LogP contribution in [-0.4, -0.2) is 5.91 Å². The van der Waals surface area contributed by atoms with E-state index < -0.39 is 11.7 Å². The van der Waals surface area contributed by atoms with Crippen molar-refractivity contribution >= 4 is 51.6 Å². The second-order valence-corrected chi connectivity index (χ2v) is 8.19. The second-order valence-electron chi connectivity index (χ2n) is 7.37. The summed E-state index contributed by atoms with van der Waals surface area (Å²) >= 11 is 12.8. The lowest BCUT2D eigenvalue weighted by Gasteiger charge is -2.13. The SMILES string of the molecule is N#C/C(=C\c1cc(Cl)c(OCc2cccc3ccccc23)c(Cl)c1)C(=O)Nc1ccc(F)cc1. The molecule has 0 atom stereocenters. The number of hydrogen-bond donors (Lipinski definition) is 1. The Morgan fingerprint density at radius 2 is 1.68 bits per heavy atom. The Morgan fingerprint density at radius 3 is 2.38 bits per heavy atom. The molecule has 168 valence electrons. The van der Waals surface area contributed by atoms with E-state index in [0.29, 0.717) is 17.0 Å². The number of carbonyl (C=O) groups is 1. The van der Waals surface area contributed by atoms with Gasteiger partial charge in [-0.3, -0.25) is 4.79 Å². The number of hydrogen-bond acceptors (Lipinski definition) is 3. The lowest BCUT2D eigenvalue weighted by Crippen LogP contribution is -2.13. The molecule has 7 heteroatoms. The fourth-order valence-electron chi connectivity index (χ4n) is 3.42. The first-order valence-electron chi connectivity index (χ1n) is 10.2. The summed E-state index contributed by atoms with van der Waals surface area (Å²) in [6.45, 7) is 0.263. The average molecular weight is 491 g/mol. The Labute approximate surface area is 205 Å². The summed E-state index contributed by atoms with van der Waals surface area (Å²) in [5, 5.41) is 14.7. The fourth-order valence-corrected chi connectivity index (χ4v) is 4.03. The van der Waals surface area contributed by atoms with E-state index in [2.05, 4.69) is 5.32 Å². The van der Waals surface area contributed by atoms with Crippen LogP contribution in [0.3, 0.4) is 0 Å². The van der Waals surface area contributed by atoms with Gasteiger partial charge in [-0.25, -0.2) is 4.39 Å². The van der Waals surface area contributed by atoms with Gasteiger partial charge in [-0.2, -0.15) is 5.26 Å². The Bertz CT molecular complexity index is 1420. The van der Waals surface area contributed by atoms with Crippen molar-refractivity contribution in [3.8, 4) is 11.8 Å². The van der Waals surface area contributed by atoms with Crippen LogP contribution in [0.1, 0.15) is 11.1 Å². The molecule has 4 aromatic carbocycles. The average Bonchev–Trinajstić information content (AvgIpc) is 2.83. The highest BCUT2D eigenvalue weighted by Crippen LogP contribution is 2.36. The van der Waals surface area contributed by atoms with Crippen LogP contribution in [0.5, 0.6) is 5.75 Å². The van der Waals surface area contributed by atoms with Crippen LogP contribution < -0.4 is 10.1 Å². The van der Waals surface area contributed by atoms with E-state index in [4.69, 9.17) is 27.9 Å². The molecule has 0 aliphatic carbocycles. The van der Waals surface area contributed by atoms with Crippen LogP contribution in [0.25, 0.3) is 16.8 Å². The monoisotopic (exact) mass is 490 g/mol. The Hall–Kier alpha value is -3.85. The molecule has 0 spiro atoms. The summed E-state index contributed by atoms with van der Waals surface area (Å²) in [5.74, 6) is -0.763. The number of nitriles is 1. The van der Waals surface area contributed by atoms with Gasteiger partial charge in [-0.05, 0) is 64.4 Å². The standard InChI is InChI=1S/C27H17Cl2FN2O2/c28-24-13-17(12-20(15-31)27(33)32-22-10-8-21(30)9-11-22)14-25(29)26(24)34-16-19-6-3-5-18-4-1-2-7-23(18)19/h1-14H,16H2,(H,32,33)/b20-12+. The minimum Gasteiger partial charge on any atom is -0.486 e. The molecular weight excluding hydrogens is 474 g/mol. The predicted octanol–water partition coefficient (Wildman–Crippen LogP) is 7.41. The summed E-state index contributed by atoms with van der Waals surface area (Å²) in [4.78, 5) is 12.4. The van der Waals surface area contributed by atoms with Crippen molar-refractivity contribution in [3.63, 3.8) is 0 Å². The van der Waals surface area contributed by atoms with E-state index in [1.807, 2.05) is 48.5 Å². The van der Waals surface area contributed by atoms with Crippen LogP contribution in [-0.2, 0) is 11.4 Å². The summed E-state index contributed by atoms with van der Waals surface area (Å²) in [6.07, 6.45) is 1.37. The molecule has 34 heavy (non-hydrogen) atoms. The number of fused-ring (bicyclic) bond motifs is 1. The van der Waals surface area contributed by atoms with E-state index in [1.54, 1.807) is 12.1 Å². The van der Waals surface area contributed by atoms with Gasteiger partial charge < -0.3 is 10.1 Å². The maximum Gasteiger partial charge on any atom is 0.266 e. The molecule has 4 nitrogen and oxygen atoms in total. The molecule has 0 heterocycles. The topological polar surface area (TPSA) is 62.1 Å². The Kier molecular flexibility index (Phi) is 7.12. The van der Waals surface area contributed by atoms with Crippen molar-refractivity contribution in [1.82, 2.24) is 0 Å². The number of nitrogens with zero attached hydrogens (tertiary/aromatic N) is 1. The number of benzene rings is 4. The first-order chi connectivity index (χ1) is 16.4. The highest BCUT2D eigenvalue weighted by molar-refractivity contribution is 6.37. The quantitative estimate of drug-likeness (QED) is 0.226. The van der Waals surface area contributed by atoms with Crippen LogP contribution in [0.4, 0.5) is 10.1 Å². The molecule has 0 aliphatic rings. The number of carbonyl (C=O) groups excluding carboxylic acids is 1. The number of halogens is 3. The van der Waals surface area contributed by atoms with Gasteiger partial charge in [-0.1, -0.05) is 65.7 Å². The number of ether oxygens (including phenoxy) is 1. The van der Waals surface area contributed by atoms with Crippen LogP contribution >= 0.6 is 23.2 Å². The molecule has 4 aromatic rings. The fraction of sp³-hybridized carbons (Fsp3) is 0.0370. The van der Waals surface area contributed by atoms with Gasteiger partial charge in [0.1, 0.15) is 24.1 Å². The molecule has 0 bridgehead atoms. The molecular formula is C27H17Cl2FN2O2. The lowest BCUT2D eigenvalue weighted by atomic mass is 10.1. The van der Waals surface area contributed by atoms with Crippen molar-refractivity contribution in [1.29, 1.82) is 5.26 Å². The van der Waals surface area contributed by atoms with Gasteiger partial charge in [-0.15, -0.1) is 0 Å². The molecule has 0 aliphatic heterocycles. The molecule has 4 rings (SSSR count). The highest BCUT2D eigenvalue weighted by atomic mass is 35.5. The van der Waals surface area contributed by atoms with Gasteiger partial charge in [0.2, 0.25) is 0 Å². The van der Waals surface area contributed by atoms with Crippen molar-refractivity contribution < 1.29 is 13.9 Å². The van der Waals surface area contributed by atoms with Crippen molar-refractivity contribution in [2.75, 3.05) is 5.32 Å². The lowest BCUT2D eigenvalue weighted by molar-refractivity contribution is -0.112. The normalized spacial score (nSPS) is 11.2. The number of anilines is 1.